The van der Waals surface area contributed by atoms with Crippen LogP contribution in [-0.4, -0.2) is 95.1 Å². The molecule has 8 rings (SSSR count). The third kappa shape index (κ3) is 5.74. The molecule has 8 atom stereocenters. The zero-order valence-electron chi connectivity index (χ0n) is 28.3. The van der Waals surface area contributed by atoms with E-state index in [2.05, 4.69) is 10.3 Å². The summed E-state index contributed by atoms with van der Waals surface area (Å²) in [7, 11) is 2.70. The molecule has 3 aliphatic carbocycles. The van der Waals surface area contributed by atoms with Crippen LogP contribution in [0.25, 0.3) is 0 Å². The lowest BCUT2D eigenvalue weighted by Crippen LogP contribution is -2.76. The fourth-order valence-corrected chi connectivity index (χ4v) is 10.5. The number of aromatic nitrogens is 1. The summed E-state index contributed by atoms with van der Waals surface area (Å²) in [5, 5.41) is 70.8. The Balaban J connectivity index is 1.24. The summed E-state index contributed by atoms with van der Waals surface area (Å²) in [5.41, 5.74) is -2.98. The maximum absolute atomic E-state index is 15.0. The van der Waals surface area contributed by atoms with Crippen molar-refractivity contribution in [2.24, 2.45) is 17.3 Å². The molecule has 276 valence electrons. The molecule has 5 aliphatic rings. The summed E-state index contributed by atoms with van der Waals surface area (Å²) in [4.78, 5) is 34.0. The Kier molecular flexibility index (Phi) is 9.31. The second kappa shape index (κ2) is 13.7. The number of hydrogen-bond acceptors (Lipinski definition) is 14. The molecule has 0 amide bonds. The fraction of sp³-hybridized carbons (Fsp3) is 0.359. The molecule has 53 heavy (non-hydrogen) atoms. The number of anilines is 1. The van der Waals surface area contributed by atoms with Gasteiger partial charge in [-0.3, -0.25) is 9.59 Å². The predicted molar refractivity (Wildman–Crippen MR) is 197 cm³/mol. The van der Waals surface area contributed by atoms with E-state index >= 15 is 4.79 Å². The van der Waals surface area contributed by atoms with Crippen molar-refractivity contribution in [1.29, 1.82) is 0 Å². The summed E-state index contributed by atoms with van der Waals surface area (Å²) in [6, 6.07) is 15.4. The van der Waals surface area contributed by atoms with Gasteiger partial charge in [0.15, 0.2) is 11.6 Å². The van der Waals surface area contributed by atoms with Crippen LogP contribution in [0.2, 0.25) is 0 Å². The number of pyridine rings is 1. The van der Waals surface area contributed by atoms with Crippen molar-refractivity contribution in [3.8, 4) is 5.75 Å². The first-order valence-electron chi connectivity index (χ1n) is 17.2. The molecule has 0 unspecified atom stereocenters. The number of aliphatic hydroxyl groups is 6. The summed E-state index contributed by atoms with van der Waals surface area (Å²) < 4.78 is 12.3. The molecular formula is C39H38N2O10S2. The number of ketones is 2. The molecule has 7 N–H and O–H groups in total. The highest BCUT2D eigenvalue weighted by Gasteiger charge is 2.66. The van der Waals surface area contributed by atoms with E-state index in [1.807, 2.05) is 18.2 Å². The number of nitrogens with zero attached hydrogens (tertiary/aromatic N) is 1. The molecule has 12 nitrogen and oxygen atoms in total. The van der Waals surface area contributed by atoms with Gasteiger partial charge in [-0.05, 0) is 59.4 Å². The highest BCUT2D eigenvalue weighted by atomic mass is 33.1. The molecule has 1 saturated heterocycles. The van der Waals surface area contributed by atoms with Crippen molar-refractivity contribution < 1.29 is 49.7 Å². The number of hydrogen-bond donors (Lipinski definition) is 7. The van der Waals surface area contributed by atoms with E-state index in [1.165, 1.54) is 51.9 Å². The van der Waals surface area contributed by atoms with Crippen LogP contribution >= 0.6 is 21.6 Å². The zero-order valence-corrected chi connectivity index (χ0v) is 29.9. The number of aliphatic hydroxyl groups excluding tert-OH is 5. The Bertz CT molecular complexity index is 2070. The topological polar surface area (TPSA) is 199 Å². The Hall–Kier alpha value is -3.99. The van der Waals surface area contributed by atoms with Gasteiger partial charge in [0.2, 0.25) is 6.29 Å². The first kappa shape index (κ1) is 36.0. The molecule has 1 aromatic heterocycles. The third-order valence-corrected chi connectivity index (χ3v) is 13.3. The summed E-state index contributed by atoms with van der Waals surface area (Å²) in [6.45, 7) is -0.905. The molecule has 1 fully saturated rings. The van der Waals surface area contributed by atoms with Crippen molar-refractivity contribution in [3.63, 3.8) is 0 Å². The summed E-state index contributed by atoms with van der Waals surface area (Å²) >= 11 is 0. The van der Waals surface area contributed by atoms with Crippen LogP contribution < -0.4 is 10.1 Å². The number of rotatable bonds is 4. The Morgan fingerprint density at radius 2 is 1.83 bits per heavy atom. The third-order valence-electron chi connectivity index (χ3n) is 11.1. The van der Waals surface area contributed by atoms with Gasteiger partial charge >= 0.3 is 0 Å². The van der Waals surface area contributed by atoms with Crippen LogP contribution in [0.3, 0.4) is 0 Å². The minimum Gasteiger partial charge on any atom is -0.511 e. The van der Waals surface area contributed by atoms with Crippen molar-refractivity contribution in [3.05, 3.63) is 124 Å². The van der Waals surface area contributed by atoms with E-state index in [9.17, 15) is 35.4 Å². The molecule has 0 radical (unpaired) electrons. The van der Waals surface area contributed by atoms with Crippen LogP contribution in [0.4, 0.5) is 5.82 Å². The Labute approximate surface area is 312 Å². The molecule has 0 saturated carbocycles. The normalized spacial score (nSPS) is 33.4. The molecule has 2 aliphatic heterocycles. The number of Topliss-reactive ketones (excluding diaryl/α,β-unsaturated/α-hetero) is 2. The van der Waals surface area contributed by atoms with E-state index in [1.54, 1.807) is 36.5 Å². The molecular weight excluding hydrogens is 721 g/mol. The smallest absolute Gasteiger partial charge is 0.230 e. The molecule has 3 aromatic rings. The van der Waals surface area contributed by atoms with E-state index in [0.717, 1.165) is 16.7 Å². The van der Waals surface area contributed by atoms with Gasteiger partial charge in [-0.1, -0.05) is 76.2 Å². The van der Waals surface area contributed by atoms with Gasteiger partial charge in [-0.15, -0.1) is 0 Å². The number of benzene rings is 2. The number of carbonyl (C=O) groups is 2. The number of fused-ring (bicyclic) bond motifs is 4. The van der Waals surface area contributed by atoms with E-state index in [0.29, 0.717) is 23.7 Å². The van der Waals surface area contributed by atoms with Crippen LogP contribution in [0.5, 0.6) is 5.75 Å². The van der Waals surface area contributed by atoms with Gasteiger partial charge in [0.05, 0.1) is 30.6 Å². The van der Waals surface area contributed by atoms with Gasteiger partial charge in [0, 0.05) is 23.4 Å². The van der Waals surface area contributed by atoms with Crippen molar-refractivity contribution in [1.82, 2.24) is 4.98 Å². The number of nitrogens with one attached hydrogen (secondary N) is 1. The predicted octanol–water partition coefficient (Wildman–Crippen LogP) is 3.29. The molecule has 14 heteroatoms. The van der Waals surface area contributed by atoms with Crippen LogP contribution in [0.15, 0.2) is 96.4 Å². The van der Waals surface area contributed by atoms with Crippen molar-refractivity contribution in [2.45, 2.75) is 49.1 Å². The average Bonchev–Trinajstić information content (AvgIpc) is 3.16. The second-order valence-corrected chi connectivity index (χ2v) is 16.6. The van der Waals surface area contributed by atoms with E-state index in [-0.39, 0.29) is 41.4 Å². The standard InChI is InChI=1S/C39H38N2O10S2/c42-17-23-4-1-3-21(11-23)12-24-14-27-32(45)26-5-2-6-28-31(26)33(46)38(27,29(44)15-24)19-52-53-20-41-30-16-22(8-10-40-30)13-25-7-9-37(18-43)36(48)39(25,49)34(47)35(50-28)51-37/h1-11,14-16,25,27,34-36,42-44,47-49H,12-13,17-20H2,(H,40,41)/t25-,27-,34+,35-,36-,37-,38+,39-/m1/s1. The van der Waals surface area contributed by atoms with Crippen molar-refractivity contribution in [2.75, 3.05) is 23.6 Å². The maximum atomic E-state index is 15.0. The molecule has 1 spiro atoms. The number of ether oxygens (including phenoxy) is 2. The van der Waals surface area contributed by atoms with Crippen LogP contribution in [-0.2, 0) is 24.2 Å². The lowest BCUT2D eigenvalue weighted by Gasteiger charge is -2.57. The molecule has 3 heterocycles. The Morgan fingerprint density at radius 1 is 1.02 bits per heavy atom. The van der Waals surface area contributed by atoms with Gasteiger partial charge in [-0.2, -0.15) is 0 Å². The van der Waals surface area contributed by atoms with Gasteiger partial charge in [-0.25, -0.2) is 4.98 Å². The largest absolute Gasteiger partial charge is 0.511 e. The minimum absolute atomic E-state index is 0.0105. The zero-order chi connectivity index (χ0) is 37.1. The molecule has 7 bridgehead atoms. The average molecular weight is 759 g/mol. The van der Waals surface area contributed by atoms with Crippen molar-refractivity contribution >= 4 is 39.0 Å². The number of carbonyl (C=O) groups excluding carboxylic acids is 2. The quantitative estimate of drug-likeness (QED) is 0.151. The Morgan fingerprint density at radius 3 is 2.64 bits per heavy atom. The van der Waals surface area contributed by atoms with Gasteiger partial charge < -0.3 is 45.4 Å². The van der Waals surface area contributed by atoms with Gasteiger partial charge in [0.1, 0.15) is 46.2 Å². The summed E-state index contributed by atoms with van der Waals surface area (Å²) in [5.74, 6) is -2.45. The monoisotopic (exact) mass is 758 g/mol. The van der Waals surface area contributed by atoms with E-state index < -0.39 is 65.1 Å². The summed E-state index contributed by atoms with van der Waals surface area (Å²) in [6.07, 6.45) is 3.07. The first-order valence-corrected chi connectivity index (χ1v) is 19.7. The molecule has 2 aromatic carbocycles. The second-order valence-electron chi connectivity index (χ2n) is 14.1. The fourth-order valence-electron chi connectivity index (χ4n) is 8.25. The van der Waals surface area contributed by atoms with E-state index in [4.69, 9.17) is 9.47 Å². The lowest BCUT2D eigenvalue weighted by atomic mass is 9.60. The van der Waals surface area contributed by atoms with Crippen LogP contribution in [0.1, 0.15) is 37.4 Å². The van der Waals surface area contributed by atoms with Crippen LogP contribution in [0, 0.1) is 17.3 Å². The minimum atomic E-state index is -2.28. The number of allylic oxidation sites excluding steroid dienone is 4. The highest BCUT2D eigenvalue weighted by Crippen LogP contribution is 2.54. The SMILES string of the molecule is O=C1c2cccc3c2C(=O)[C@]2(CSSCNc4cc(ccn4)C[C@H]4C=C[C@]5(CO)O[C@@H](O3)[C@H](O)[C@@]4(O)[C@@H]5O)C(O)=CC(Cc3cccc(CO)c3)=C[C@H]12. The highest BCUT2D eigenvalue weighted by molar-refractivity contribution is 8.76. The first-order chi connectivity index (χ1) is 25.5. The van der Waals surface area contributed by atoms with Gasteiger partial charge in [0.25, 0.3) is 0 Å². The lowest BCUT2D eigenvalue weighted by molar-refractivity contribution is -0.349. The maximum Gasteiger partial charge on any atom is 0.230 e.